The van der Waals surface area contributed by atoms with E-state index in [1.54, 1.807) is 6.92 Å². The quantitative estimate of drug-likeness (QED) is 0.574. The first-order valence-electron chi connectivity index (χ1n) is 7.82. The molecule has 0 amide bonds. The fourth-order valence-corrected chi connectivity index (χ4v) is 2.34. The fourth-order valence-electron chi connectivity index (χ4n) is 2.34. The van der Waals surface area contributed by atoms with Gasteiger partial charge in [-0.1, -0.05) is 18.2 Å². The van der Waals surface area contributed by atoms with E-state index in [2.05, 4.69) is 9.97 Å². The van der Waals surface area contributed by atoms with Gasteiger partial charge in [0, 0.05) is 17.3 Å². The van der Waals surface area contributed by atoms with Crippen LogP contribution in [0.25, 0.3) is 11.4 Å². The zero-order chi connectivity index (χ0) is 19.6. The van der Waals surface area contributed by atoms with Gasteiger partial charge in [0.25, 0.3) is 0 Å². The van der Waals surface area contributed by atoms with Crippen LogP contribution in [0.15, 0.2) is 48.5 Å². The molecular formula is C19H13F5N2O. The molecule has 0 aliphatic heterocycles. The molecule has 140 valence electrons. The van der Waals surface area contributed by atoms with E-state index in [1.807, 2.05) is 0 Å². The van der Waals surface area contributed by atoms with Crippen LogP contribution in [0.5, 0.6) is 5.88 Å². The van der Waals surface area contributed by atoms with Crippen molar-refractivity contribution in [2.75, 3.05) is 0 Å². The maximum absolute atomic E-state index is 13.2. The second-order valence-corrected chi connectivity index (χ2v) is 5.78. The van der Waals surface area contributed by atoms with Crippen LogP contribution in [-0.2, 0) is 12.8 Å². The van der Waals surface area contributed by atoms with Crippen molar-refractivity contribution in [1.29, 1.82) is 0 Å². The Morgan fingerprint density at radius 3 is 2.22 bits per heavy atom. The largest absolute Gasteiger partial charge is 0.473 e. The number of hydrogen-bond donors (Lipinski definition) is 0. The molecule has 27 heavy (non-hydrogen) atoms. The number of ether oxygens (including phenoxy) is 1. The first-order chi connectivity index (χ1) is 12.7. The molecule has 0 bridgehead atoms. The summed E-state index contributed by atoms with van der Waals surface area (Å²) in [5.74, 6) is -1.58. The van der Waals surface area contributed by atoms with Crippen LogP contribution in [0.3, 0.4) is 0 Å². The summed E-state index contributed by atoms with van der Waals surface area (Å²) in [7, 11) is 0. The van der Waals surface area contributed by atoms with Gasteiger partial charge in [-0.25, -0.2) is 13.8 Å². The van der Waals surface area contributed by atoms with E-state index in [9.17, 15) is 22.0 Å². The Labute approximate surface area is 151 Å². The van der Waals surface area contributed by atoms with E-state index in [1.165, 1.54) is 24.3 Å². The molecule has 0 radical (unpaired) electrons. The molecule has 1 aromatic heterocycles. The van der Waals surface area contributed by atoms with Crippen LogP contribution < -0.4 is 4.74 Å². The summed E-state index contributed by atoms with van der Waals surface area (Å²) in [4.78, 5) is 8.36. The first-order valence-corrected chi connectivity index (χ1v) is 7.82. The van der Waals surface area contributed by atoms with E-state index in [0.29, 0.717) is 16.8 Å². The third-order valence-corrected chi connectivity index (χ3v) is 3.67. The normalized spacial score (nSPS) is 11.5. The molecular weight excluding hydrogens is 367 g/mol. The lowest BCUT2D eigenvalue weighted by atomic mass is 10.1. The molecule has 0 N–H and O–H groups in total. The maximum Gasteiger partial charge on any atom is 0.416 e. The molecule has 3 aromatic rings. The number of rotatable bonds is 4. The summed E-state index contributed by atoms with van der Waals surface area (Å²) in [6.45, 7) is 1.62. The number of alkyl halides is 3. The molecule has 3 rings (SSSR count). The van der Waals surface area contributed by atoms with Crippen molar-refractivity contribution in [3.8, 4) is 17.3 Å². The van der Waals surface area contributed by atoms with Crippen molar-refractivity contribution in [2.45, 2.75) is 19.7 Å². The van der Waals surface area contributed by atoms with Gasteiger partial charge in [-0.15, -0.1) is 0 Å². The van der Waals surface area contributed by atoms with Crippen molar-refractivity contribution in [3.05, 3.63) is 77.0 Å². The Morgan fingerprint density at radius 1 is 0.889 bits per heavy atom. The minimum absolute atomic E-state index is 0.0555. The molecule has 0 aliphatic rings. The number of benzene rings is 2. The third kappa shape index (κ3) is 4.58. The number of halogens is 5. The minimum atomic E-state index is -4.43. The molecule has 0 fully saturated rings. The van der Waals surface area contributed by atoms with E-state index in [0.717, 1.165) is 24.3 Å². The van der Waals surface area contributed by atoms with E-state index < -0.39 is 23.4 Å². The summed E-state index contributed by atoms with van der Waals surface area (Å²) in [6.07, 6.45) is -4.43. The summed E-state index contributed by atoms with van der Waals surface area (Å²) < 4.78 is 69.7. The lowest BCUT2D eigenvalue weighted by molar-refractivity contribution is -0.137. The Balaban J connectivity index is 1.80. The van der Waals surface area contributed by atoms with Gasteiger partial charge < -0.3 is 4.74 Å². The van der Waals surface area contributed by atoms with Crippen molar-refractivity contribution in [3.63, 3.8) is 0 Å². The van der Waals surface area contributed by atoms with Crippen LogP contribution in [0, 0.1) is 18.6 Å². The molecule has 0 saturated heterocycles. The summed E-state index contributed by atoms with van der Waals surface area (Å²) >= 11 is 0. The zero-order valence-corrected chi connectivity index (χ0v) is 14.0. The fraction of sp³-hybridized carbons (Fsp3) is 0.158. The summed E-state index contributed by atoms with van der Waals surface area (Å²) in [6, 6.07) is 9.36. The van der Waals surface area contributed by atoms with Crippen LogP contribution in [0.2, 0.25) is 0 Å². The van der Waals surface area contributed by atoms with Crippen molar-refractivity contribution in [1.82, 2.24) is 9.97 Å². The topological polar surface area (TPSA) is 35.0 Å². The van der Waals surface area contributed by atoms with Gasteiger partial charge in [0.05, 0.1) is 5.56 Å². The summed E-state index contributed by atoms with van der Waals surface area (Å²) in [5.41, 5.74) is 0.569. The van der Waals surface area contributed by atoms with Gasteiger partial charge in [0.2, 0.25) is 5.88 Å². The smallest absolute Gasteiger partial charge is 0.416 e. The maximum atomic E-state index is 13.2. The Morgan fingerprint density at radius 2 is 1.59 bits per heavy atom. The molecule has 0 aliphatic carbocycles. The van der Waals surface area contributed by atoms with Crippen molar-refractivity contribution >= 4 is 0 Å². The molecule has 0 spiro atoms. The number of aryl methyl sites for hydroxylation is 1. The highest BCUT2D eigenvalue weighted by Crippen LogP contribution is 2.30. The zero-order valence-electron chi connectivity index (χ0n) is 14.0. The highest BCUT2D eigenvalue weighted by Gasteiger charge is 2.30. The van der Waals surface area contributed by atoms with E-state index in [-0.39, 0.29) is 18.3 Å². The van der Waals surface area contributed by atoms with Crippen LogP contribution >= 0.6 is 0 Å². The van der Waals surface area contributed by atoms with E-state index >= 15 is 0 Å². The van der Waals surface area contributed by atoms with Gasteiger partial charge in [0.1, 0.15) is 6.61 Å². The Hall–Kier alpha value is -3.03. The lowest BCUT2D eigenvalue weighted by Crippen LogP contribution is -2.04. The molecule has 2 aromatic carbocycles. The van der Waals surface area contributed by atoms with Gasteiger partial charge in [-0.2, -0.15) is 18.2 Å². The highest BCUT2D eigenvalue weighted by atomic mass is 19.4. The third-order valence-electron chi connectivity index (χ3n) is 3.67. The number of aromatic nitrogens is 2. The van der Waals surface area contributed by atoms with Crippen molar-refractivity contribution < 1.29 is 26.7 Å². The number of nitrogens with zero attached hydrogens (tertiary/aromatic N) is 2. The average Bonchev–Trinajstić information content (AvgIpc) is 2.62. The van der Waals surface area contributed by atoms with Gasteiger partial charge >= 0.3 is 6.18 Å². The van der Waals surface area contributed by atoms with Gasteiger partial charge in [-0.05, 0) is 36.8 Å². The van der Waals surface area contributed by atoms with Crippen LogP contribution in [0.1, 0.15) is 16.8 Å². The predicted octanol–water partition coefficient (Wildman–Crippen LogP) is 5.33. The second-order valence-electron chi connectivity index (χ2n) is 5.78. The van der Waals surface area contributed by atoms with Crippen LogP contribution in [-0.4, -0.2) is 9.97 Å². The second kappa shape index (κ2) is 7.30. The standard InChI is InChI=1S/C19H13F5N2O/c1-11-8-17(27-10-12-2-7-15(20)16(21)9-12)26-18(25-11)13-3-5-14(6-4-13)19(22,23)24/h2-9H,10H2,1H3. The molecule has 1 heterocycles. The van der Waals surface area contributed by atoms with Gasteiger partial charge in [0.15, 0.2) is 17.5 Å². The van der Waals surface area contributed by atoms with E-state index in [4.69, 9.17) is 4.74 Å². The summed E-state index contributed by atoms with van der Waals surface area (Å²) in [5, 5.41) is 0. The Kier molecular flexibility index (Phi) is 5.07. The monoisotopic (exact) mass is 380 g/mol. The molecule has 0 atom stereocenters. The molecule has 0 saturated carbocycles. The Bertz CT molecular complexity index is 955. The van der Waals surface area contributed by atoms with Gasteiger partial charge in [-0.3, -0.25) is 0 Å². The molecule has 3 nitrogen and oxygen atoms in total. The SMILES string of the molecule is Cc1cc(OCc2ccc(F)c(F)c2)nc(-c2ccc(C(F)(F)F)cc2)n1. The highest BCUT2D eigenvalue weighted by molar-refractivity contribution is 5.56. The predicted molar refractivity (Wildman–Crippen MR) is 87.9 cm³/mol. The van der Waals surface area contributed by atoms with Crippen LogP contribution in [0.4, 0.5) is 22.0 Å². The average molecular weight is 380 g/mol. The number of hydrogen-bond acceptors (Lipinski definition) is 3. The molecule has 8 heteroatoms. The van der Waals surface area contributed by atoms with Crippen molar-refractivity contribution in [2.24, 2.45) is 0 Å². The lowest BCUT2D eigenvalue weighted by Gasteiger charge is -2.10. The first kappa shape index (κ1) is 18.8. The molecule has 0 unspecified atom stereocenters. The minimum Gasteiger partial charge on any atom is -0.473 e.